The van der Waals surface area contributed by atoms with Gasteiger partial charge < -0.3 is 24.6 Å². The van der Waals surface area contributed by atoms with Gasteiger partial charge in [0, 0.05) is 17.4 Å². The molecule has 0 saturated heterocycles. The molecule has 1 heterocycles. The number of alkyl halides is 2. The van der Waals surface area contributed by atoms with E-state index in [2.05, 4.69) is 0 Å². The Morgan fingerprint density at radius 3 is 2.57 bits per heavy atom. The number of furan rings is 1. The number of hydrogen-bond acceptors (Lipinski definition) is 6. The van der Waals surface area contributed by atoms with Crippen molar-refractivity contribution in [1.29, 1.82) is 0 Å². The maximum absolute atomic E-state index is 13.6. The summed E-state index contributed by atoms with van der Waals surface area (Å²) in [5.74, 6) is -1.59. The van der Waals surface area contributed by atoms with Crippen LogP contribution < -0.4 is 0 Å². The Bertz CT molecular complexity index is 1090. The van der Waals surface area contributed by atoms with Gasteiger partial charge in [0.15, 0.2) is 11.5 Å². The molecule has 4 aliphatic rings. The quantitative estimate of drug-likeness (QED) is 0.546. The molecule has 0 radical (unpaired) electrons. The first-order chi connectivity index (χ1) is 17.3. The number of carbonyl (C=O) groups is 2. The summed E-state index contributed by atoms with van der Waals surface area (Å²) in [4.78, 5) is 27.6. The molecule has 4 aliphatic carbocycles. The van der Waals surface area contributed by atoms with Gasteiger partial charge in [-0.2, -0.15) is 0 Å². The van der Waals surface area contributed by atoms with Crippen molar-refractivity contribution in [2.45, 2.75) is 89.6 Å². The zero-order valence-corrected chi connectivity index (χ0v) is 21.6. The van der Waals surface area contributed by atoms with Crippen molar-refractivity contribution in [1.82, 2.24) is 4.90 Å². The predicted molar refractivity (Wildman–Crippen MR) is 130 cm³/mol. The van der Waals surface area contributed by atoms with Crippen molar-refractivity contribution >= 4 is 11.7 Å². The highest BCUT2D eigenvalue weighted by atomic mass is 19.3. The molecular weight excluding hydrogens is 484 g/mol. The summed E-state index contributed by atoms with van der Waals surface area (Å²) in [6.45, 7) is 4.95. The second-order valence-corrected chi connectivity index (χ2v) is 12.2. The molecule has 0 spiro atoms. The number of amides is 1. The molecule has 9 heteroatoms. The minimum Gasteiger partial charge on any atom is -0.459 e. The normalized spacial score (nSPS) is 42.0. The number of ketones is 1. The third kappa shape index (κ3) is 3.83. The number of halogens is 2. The first-order valence-corrected chi connectivity index (χ1v) is 13.3. The summed E-state index contributed by atoms with van der Waals surface area (Å²) < 4.78 is 32.4. The summed E-state index contributed by atoms with van der Waals surface area (Å²) in [6, 6.07) is 2.39. The Hall–Kier alpha value is -2.10. The molecule has 7 nitrogen and oxygen atoms in total. The Morgan fingerprint density at radius 1 is 1.19 bits per heavy atom. The van der Waals surface area contributed by atoms with Gasteiger partial charge in [-0.1, -0.05) is 13.8 Å². The number of aliphatic hydroxyl groups is 3. The monoisotopic (exact) mass is 521 g/mol. The Kier molecular flexibility index (Phi) is 6.44. The predicted octanol–water partition coefficient (Wildman–Crippen LogP) is 3.58. The van der Waals surface area contributed by atoms with Crippen molar-refractivity contribution in [3.8, 4) is 0 Å². The molecule has 1 aromatic rings. The number of carbonyl (C=O) groups excluding carboxylic acids is 2. The van der Waals surface area contributed by atoms with Crippen molar-refractivity contribution in [3.63, 3.8) is 0 Å². The first-order valence-electron chi connectivity index (χ1n) is 13.3. The lowest BCUT2D eigenvalue weighted by Gasteiger charge is -2.60. The fourth-order valence-electron chi connectivity index (χ4n) is 8.53. The molecule has 9 atom stereocenters. The van der Waals surface area contributed by atoms with Crippen LogP contribution in [0.5, 0.6) is 0 Å². The van der Waals surface area contributed by atoms with Crippen LogP contribution in [0.2, 0.25) is 0 Å². The van der Waals surface area contributed by atoms with Gasteiger partial charge in [-0.15, -0.1) is 0 Å². The van der Waals surface area contributed by atoms with E-state index in [4.69, 9.17) is 4.42 Å². The van der Waals surface area contributed by atoms with Crippen LogP contribution in [0.25, 0.3) is 0 Å². The van der Waals surface area contributed by atoms with Gasteiger partial charge >= 0.3 is 0 Å². The molecule has 3 N–H and O–H groups in total. The van der Waals surface area contributed by atoms with E-state index < -0.39 is 59.5 Å². The average Bonchev–Trinajstić information content (AvgIpc) is 3.45. The molecule has 1 aromatic heterocycles. The van der Waals surface area contributed by atoms with Crippen molar-refractivity contribution in [2.75, 3.05) is 6.54 Å². The fourth-order valence-corrected chi connectivity index (χ4v) is 8.53. The summed E-state index contributed by atoms with van der Waals surface area (Å²) >= 11 is 0. The van der Waals surface area contributed by atoms with Crippen molar-refractivity contribution < 1.29 is 38.1 Å². The van der Waals surface area contributed by atoms with E-state index in [-0.39, 0.29) is 36.2 Å². The first kappa shape index (κ1) is 26.5. The Balaban J connectivity index is 1.49. The molecule has 3 saturated carbocycles. The van der Waals surface area contributed by atoms with Gasteiger partial charge in [0.1, 0.15) is 0 Å². The van der Waals surface area contributed by atoms with Crippen LogP contribution >= 0.6 is 0 Å². The molecule has 5 rings (SSSR count). The lowest BCUT2D eigenvalue weighted by atomic mass is 9.46. The molecule has 0 aromatic carbocycles. The van der Waals surface area contributed by atoms with Crippen LogP contribution in [0.3, 0.4) is 0 Å². The maximum atomic E-state index is 13.6. The molecule has 0 bridgehead atoms. The molecule has 3 fully saturated rings. The summed E-state index contributed by atoms with van der Waals surface area (Å²) in [5.41, 5.74) is -1.99. The van der Waals surface area contributed by atoms with Crippen LogP contribution in [0.15, 0.2) is 34.5 Å². The van der Waals surface area contributed by atoms with Crippen LogP contribution in [-0.2, 0) is 4.79 Å². The topological polar surface area (TPSA) is 111 Å². The van der Waals surface area contributed by atoms with Gasteiger partial charge in [0.05, 0.1) is 30.6 Å². The second kappa shape index (κ2) is 8.99. The van der Waals surface area contributed by atoms with E-state index in [1.807, 2.05) is 13.8 Å². The minimum atomic E-state index is -2.73. The molecule has 2 unspecified atom stereocenters. The van der Waals surface area contributed by atoms with Crippen LogP contribution in [0.1, 0.15) is 69.9 Å². The molecular formula is C28H37F2NO6. The third-order valence-corrected chi connectivity index (χ3v) is 10.6. The third-order valence-electron chi connectivity index (χ3n) is 10.6. The molecule has 204 valence electrons. The van der Waals surface area contributed by atoms with E-state index in [1.165, 1.54) is 18.4 Å². The summed E-state index contributed by atoms with van der Waals surface area (Å²) in [7, 11) is 0. The zero-order valence-electron chi connectivity index (χ0n) is 21.6. The standard InChI is InChI=1S/C28H37F2NO6/c1-15(31(14-24(29)30)25(35)23-5-4-10-37-23)16-7-9-28(36)18-11-20(32)19-12-21(33)22(34)13-26(19,2)17(18)6-8-27(16,28)3/h4-5,10-11,15-17,19,21-22,24,33-34,36H,6-9,12-14H2,1-3H3/t15?,16-,17?,19+,21-,22+,26-,27-,28-/m1/s1. The highest BCUT2D eigenvalue weighted by Crippen LogP contribution is 2.67. The minimum absolute atomic E-state index is 0.00721. The average molecular weight is 522 g/mol. The van der Waals surface area contributed by atoms with Crippen LogP contribution in [-0.4, -0.2) is 68.7 Å². The van der Waals surface area contributed by atoms with E-state index in [1.54, 1.807) is 13.0 Å². The van der Waals surface area contributed by atoms with Crippen LogP contribution in [0.4, 0.5) is 8.78 Å². The van der Waals surface area contributed by atoms with E-state index in [9.17, 15) is 33.7 Å². The van der Waals surface area contributed by atoms with E-state index in [0.717, 1.165) is 4.90 Å². The lowest BCUT2D eigenvalue weighted by Crippen LogP contribution is -2.61. The van der Waals surface area contributed by atoms with Gasteiger partial charge in [-0.05, 0) is 86.5 Å². The summed E-state index contributed by atoms with van der Waals surface area (Å²) in [6.07, 6.45) is 0.896. The van der Waals surface area contributed by atoms with Crippen molar-refractivity contribution in [2.24, 2.45) is 28.6 Å². The van der Waals surface area contributed by atoms with Gasteiger partial charge in [-0.3, -0.25) is 9.59 Å². The van der Waals surface area contributed by atoms with Gasteiger partial charge in [0.2, 0.25) is 0 Å². The number of nitrogens with zero attached hydrogens (tertiary/aromatic N) is 1. The number of fused-ring (bicyclic) bond motifs is 5. The maximum Gasteiger partial charge on any atom is 0.289 e. The summed E-state index contributed by atoms with van der Waals surface area (Å²) in [5, 5.41) is 33.0. The van der Waals surface area contributed by atoms with Crippen LogP contribution in [0, 0.1) is 28.6 Å². The van der Waals surface area contributed by atoms with Gasteiger partial charge in [0.25, 0.3) is 12.3 Å². The number of aliphatic hydroxyl groups excluding tert-OH is 2. The highest BCUT2D eigenvalue weighted by Gasteiger charge is 2.67. The van der Waals surface area contributed by atoms with E-state index in [0.29, 0.717) is 31.3 Å². The Labute approximate surface area is 215 Å². The van der Waals surface area contributed by atoms with E-state index >= 15 is 0 Å². The number of hydrogen-bond donors (Lipinski definition) is 3. The van der Waals surface area contributed by atoms with Crippen molar-refractivity contribution in [3.05, 3.63) is 35.8 Å². The second-order valence-electron chi connectivity index (χ2n) is 12.2. The SMILES string of the molecule is CC([C@H]1CC[C@@]2(O)C3=CC(=O)[C@@H]4C[C@@H](O)[C@@H](O)C[C@]4(C)C3CC[C@]12C)N(CC(F)F)C(=O)c1ccco1. The van der Waals surface area contributed by atoms with Gasteiger partial charge in [-0.25, -0.2) is 8.78 Å². The molecule has 1 amide bonds. The number of allylic oxidation sites excluding steroid dienone is 1. The fraction of sp³-hybridized carbons (Fsp3) is 0.714. The largest absolute Gasteiger partial charge is 0.459 e. The molecule has 37 heavy (non-hydrogen) atoms. The molecule has 0 aliphatic heterocycles. The number of rotatable bonds is 5. The smallest absolute Gasteiger partial charge is 0.289 e. The lowest BCUT2D eigenvalue weighted by molar-refractivity contribution is -0.153. The highest BCUT2D eigenvalue weighted by molar-refractivity contribution is 5.95. The zero-order chi connectivity index (χ0) is 26.9. The Morgan fingerprint density at radius 2 is 1.92 bits per heavy atom.